The third-order valence-corrected chi connectivity index (χ3v) is 16.0. The molecule has 0 N–H and O–H groups in total. The van der Waals surface area contributed by atoms with Crippen molar-refractivity contribution in [2.24, 2.45) is 0 Å². The topological polar surface area (TPSA) is 43.9 Å². The molecule has 0 saturated carbocycles. The van der Waals surface area contributed by atoms with Crippen LogP contribution in [0.2, 0.25) is 17.3 Å². The fourth-order valence-electron chi connectivity index (χ4n) is 8.35. The Morgan fingerprint density at radius 1 is 0.587 bits per heavy atom. The van der Waals surface area contributed by atoms with Gasteiger partial charge in [-0.05, 0) is 30.0 Å². The van der Waals surface area contributed by atoms with Crippen molar-refractivity contribution in [2.45, 2.75) is 56.8 Å². The molecule has 0 atom stereocenters. The first-order valence-electron chi connectivity index (χ1n) is 21.6. The number of fused-ring (bicyclic) bond motifs is 4. The Balaban J connectivity index is 0.000000361. The van der Waals surface area contributed by atoms with Crippen LogP contribution < -0.4 is 4.40 Å². The van der Waals surface area contributed by atoms with Crippen LogP contribution in [0.15, 0.2) is 174 Å². The van der Waals surface area contributed by atoms with Gasteiger partial charge >= 0.3 is 146 Å². The zero-order valence-electron chi connectivity index (χ0n) is 36.9. The molecule has 10 rings (SSSR count). The Labute approximate surface area is 387 Å². The molecular weight excluding hydrogens is 1010 g/mol. The van der Waals surface area contributed by atoms with Crippen LogP contribution in [0.5, 0.6) is 0 Å². The van der Waals surface area contributed by atoms with Gasteiger partial charge in [0.05, 0.1) is 22.4 Å². The molecule has 63 heavy (non-hydrogen) atoms. The van der Waals surface area contributed by atoms with Gasteiger partial charge in [0.1, 0.15) is 5.58 Å². The number of para-hydroxylation sites is 3. The summed E-state index contributed by atoms with van der Waals surface area (Å²) in [6.07, 6.45) is 1.79. The van der Waals surface area contributed by atoms with Gasteiger partial charge in [-0.1, -0.05) is 81.1 Å². The standard InChI is InChI=1S/C46H43GeN2O.C11H8N.Ir/c1-29(2)39-27-34(33-21-19-31(20-22-33)32-23-25-35(26-24-32)47(5,6)7)28-40(30(3)4)44(39)49-42-17-10-9-16-41(42)48-46(49)38-15-12-14-37-36-13-8-11-18-43(36)50-45(37)38;1-2-6-10(7-3-1)11-8-4-5-9-12-11;/h8-14,16-30H,1-7H3;1-6,8-9H;/q2*-1;. The number of hydrogen-bond acceptors (Lipinski definition) is 3. The molecular formula is C57H51GeIrN3O-2. The van der Waals surface area contributed by atoms with Gasteiger partial charge in [0.25, 0.3) is 0 Å². The molecule has 0 aliphatic rings. The number of rotatable bonds is 8. The predicted octanol–water partition coefficient (Wildman–Crippen LogP) is 15.1. The summed E-state index contributed by atoms with van der Waals surface area (Å²) in [6.45, 7) is 9.19. The molecule has 315 valence electrons. The number of nitrogens with zero attached hydrogens (tertiary/aromatic N) is 3. The monoisotopic (exact) mass is 1060 g/mol. The minimum atomic E-state index is -1.85. The quantitative estimate of drug-likeness (QED) is 0.113. The Kier molecular flexibility index (Phi) is 12.8. The average molecular weight is 1060 g/mol. The van der Waals surface area contributed by atoms with Crippen LogP contribution in [-0.2, 0) is 20.1 Å². The summed E-state index contributed by atoms with van der Waals surface area (Å²) in [4.78, 5) is 9.51. The first kappa shape index (κ1) is 43.8. The molecule has 7 aromatic carbocycles. The van der Waals surface area contributed by atoms with Gasteiger partial charge in [-0.25, -0.2) is 0 Å². The molecule has 3 aromatic heterocycles. The molecule has 6 heteroatoms. The van der Waals surface area contributed by atoms with E-state index in [1.165, 1.54) is 43.5 Å². The number of hydrogen-bond donors (Lipinski definition) is 0. The van der Waals surface area contributed by atoms with E-state index < -0.39 is 13.3 Å². The molecule has 10 aromatic rings. The van der Waals surface area contributed by atoms with E-state index in [2.05, 4.69) is 170 Å². The summed E-state index contributed by atoms with van der Waals surface area (Å²) >= 11 is -1.85. The van der Waals surface area contributed by atoms with E-state index >= 15 is 0 Å². The first-order valence-corrected chi connectivity index (χ1v) is 29.0. The van der Waals surface area contributed by atoms with Gasteiger partial charge in [-0.2, -0.15) is 0 Å². The van der Waals surface area contributed by atoms with Crippen LogP contribution in [0, 0.1) is 12.1 Å². The molecule has 4 nitrogen and oxygen atoms in total. The van der Waals surface area contributed by atoms with Crippen molar-refractivity contribution in [1.82, 2.24) is 14.5 Å². The van der Waals surface area contributed by atoms with E-state index in [-0.39, 0.29) is 31.9 Å². The van der Waals surface area contributed by atoms with Crippen LogP contribution in [0.25, 0.3) is 83.6 Å². The predicted molar refractivity (Wildman–Crippen MR) is 263 cm³/mol. The van der Waals surface area contributed by atoms with Crippen molar-refractivity contribution < 1.29 is 24.5 Å². The van der Waals surface area contributed by atoms with Gasteiger partial charge in [-0.15, -0.1) is 54.1 Å². The second kappa shape index (κ2) is 18.5. The van der Waals surface area contributed by atoms with Crippen LogP contribution >= 0.6 is 0 Å². The number of aromatic nitrogens is 3. The molecule has 0 unspecified atom stereocenters. The summed E-state index contributed by atoms with van der Waals surface area (Å²) in [5.41, 5.74) is 15.4. The Morgan fingerprint density at radius 3 is 1.84 bits per heavy atom. The van der Waals surface area contributed by atoms with Crippen LogP contribution in [0.4, 0.5) is 0 Å². The van der Waals surface area contributed by atoms with E-state index in [4.69, 9.17) is 9.40 Å². The van der Waals surface area contributed by atoms with E-state index in [1.54, 1.807) is 6.20 Å². The van der Waals surface area contributed by atoms with Crippen molar-refractivity contribution in [3.05, 3.63) is 193 Å². The van der Waals surface area contributed by atoms with Gasteiger partial charge in [-0.3, -0.25) is 4.98 Å². The van der Waals surface area contributed by atoms with E-state index in [1.807, 2.05) is 60.7 Å². The molecule has 3 heterocycles. The molecule has 0 fully saturated rings. The minimum Gasteiger partial charge on any atom is -0.501 e. The van der Waals surface area contributed by atoms with Gasteiger partial charge in [0.2, 0.25) is 0 Å². The van der Waals surface area contributed by atoms with Crippen LogP contribution in [0.3, 0.4) is 0 Å². The molecule has 0 bridgehead atoms. The van der Waals surface area contributed by atoms with Crippen molar-refractivity contribution >= 4 is 50.6 Å². The number of imidazole rings is 1. The average Bonchev–Trinajstić information content (AvgIpc) is 3.88. The number of pyridine rings is 1. The van der Waals surface area contributed by atoms with Crippen LogP contribution in [0.1, 0.15) is 50.7 Å². The maximum atomic E-state index is 6.54. The van der Waals surface area contributed by atoms with Crippen molar-refractivity contribution in [2.75, 3.05) is 0 Å². The zero-order chi connectivity index (χ0) is 43.0. The fourth-order valence-corrected chi connectivity index (χ4v) is 10.8. The third-order valence-electron chi connectivity index (χ3n) is 11.7. The molecule has 0 saturated heterocycles. The van der Waals surface area contributed by atoms with E-state index in [9.17, 15) is 0 Å². The molecule has 1 radical (unpaired) electrons. The molecule has 0 aliphatic carbocycles. The second-order valence-corrected chi connectivity index (χ2v) is 28.3. The van der Waals surface area contributed by atoms with Crippen molar-refractivity contribution in [1.29, 1.82) is 0 Å². The molecule has 0 amide bonds. The van der Waals surface area contributed by atoms with Gasteiger partial charge in [0, 0.05) is 31.7 Å². The van der Waals surface area contributed by atoms with E-state index in [0.29, 0.717) is 0 Å². The maximum absolute atomic E-state index is 6.54. The normalized spacial score (nSPS) is 11.6. The second-order valence-electron chi connectivity index (χ2n) is 17.7. The van der Waals surface area contributed by atoms with Crippen LogP contribution in [-0.4, -0.2) is 27.8 Å². The Morgan fingerprint density at radius 2 is 1.21 bits per heavy atom. The van der Waals surface area contributed by atoms with E-state index in [0.717, 1.165) is 55.6 Å². The zero-order valence-corrected chi connectivity index (χ0v) is 41.4. The Bertz CT molecular complexity index is 3080. The first-order chi connectivity index (χ1) is 30.0. The summed E-state index contributed by atoms with van der Waals surface area (Å²) in [6, 6.07) is 64.3. The molecule has 0 spiro atoms. The summed E-state index contributed by atoms with van der Waals surface area (Å²) < 4.78 is 10.4. The Hall–Kier alpha value is -5.85. The third kappa shape index (κ3) is 8.88. The minimum absolute atomic E-state index is 0. The summed E-state index contributed by atoms with van der Waals surface area (Å²) in [5, 5.41) is 2.18. The summed E-state index contributed by atoms with van der Waals surface area (Å²) in [5.74, 6) is 8.73. The number of furan rings is 1. The fraction of sp³-hybridized carbons (Fsp3) is 0.158. The summed E-state index contributed by atoms with van der Waals surface area (Å²) in [7, 11) is 0. The smallest absolute Gasteiger partial charge is 0.501 e. The SMILES string of the molecule is CC(C)c1cc(-c2ccc(-c3cc[c]([Ge]([CH3])([CH3])[CH3])cc3)cc2)cc(C(C)C)c1-n1c(-c2[c-]ccc3c2oc2ccccc23)nc2ccccc21.[Ir].[c-]1ccccc1-c1ccccn1. The molecule has 0 aliphatic heterocycles. The number of benzene rings is 7. The van der Waals surface area contributed by atoms with Gasteiger partial charge < -0.3 is 14.0 Å². The van der Waals surface area contributed by atoms with Crippen molar-refractivity contribution in [3.63, 3.8) is 0 Å². The van der Waals surface area contributed by atoms with Gasteiger partial charge in [0.15, 0.2) is 0 Å². The van der Waals surface area contributed by atoms with Crippen molar-refractivity contribution in [3.8, 4) is 50.6 Å².